The van der Waals surface area contributed by atoms with Gasteiger partial charge in [-0.05, 0) is 58.4 Å². The number of pyridine rings is 1. The standard InChI is InChI=1S/C13H22N2O/c1-12(2,13(3,4)16)15-10-7-11-5-8-14-9-6-11/h5-6,8-9,15-16H,7,10H2,1-4H3. The topological polar surface area (TPSA) is 45.1 Å². The van der Waals surface area contributed by atoms with Crippen LogP contribution in [0.25, 0.3) is 0 Å². The van der Waals surface area contributed by atoms with Crippen molar-refractivity contribution in [3.63, 3.8) is 0 Å². The minimum atomic E-state index is -0.731. The summed E-state index contributed by atoms with van der Waals surface area (Å²) in [5.41, 5.74) is 0.236. The Balaban J connectivity index is 2.42. The fourth-order valence-corrected chi connectivity index (χ4v) is 1.29. The van der Waals surface area contributed by atoms with Gasteiger partial charge in [0.05, 0.1) is 5.60 Å². The molecule has 90 valence electrons. The second kappa shape index (κ2) is 4.93. The van der Waals surface area contributed by atoms with Crippen LogP contribution < -0.4 is 5.32 Å². The van der Waals surface area contributed by atoms with Gasteiger partial charge in [-0.25, -0.2) is 0 Å². The van der Waals surface area contributed by atoms with E-state index in [-0.39, 0.29) is 5.54 Å². The van der Waals surface area contributed by atoms with Gasteiger partial charge in [0.2, 0.25) is 0 Å². The molecule has 0 amide bonds. The highest BCUT2D eigenvalue weighted by molar-refractivity contribution is 5.10. The zero-order chi connectivity index (χ0) is 12.2. The number of aromatic nitrogens is 1. The Hall–Kier alpha value is -0.930. The predicted molar refractivity (Wildman–Crippen MR) is 66.3 cm³/mol. The van der Waals surface area contributed by atoms with E-state index < -0.39 is 5.60 Å². The Morgan fingerprint density at radius 2 is 1.75 bits per heavy atom. The van der Waals surface area contributed by atoms with Gasteiger partial charge in [-0.1, -0.05) is 0 Å². The molecule has 2 N–H and O–H groups in total. The first-order valence-corrected chi connectivity index (χ1v) is 5.69. The van der Waals surface area contributed by atoms with Crippen molar-refractivity contribution in [2.75, 3.05) is 6.54 Å². The first kappa shape index (κ1) is 13.1. The van der Waals surface area contributed by atoms with Crippen LogP contribution in [0.1, 0.15) is 33.3 Å². The molecule has 1 heterocycles. The molecular formula is C13H22N2O. The Morgan fingerprint density at radius 3 is 2.25 bits per heavy atom. The molecule has 3 heteroatoms. The van der Waals surface area contributed by atoms with Crippen LogP contribution in [-0.2, 0) is 6.42 Å². The molecule has 1 rings (SSSR count). The summed E-state index contributed by atoms with van der Waals surface area (Å²) in [7, 11) is 0. The SMILES string of the molecule is CC(C)(O)C(C)(C)NCCc1ccncc1. The van der Waals surface area contributed by atoms with Crippen molar-refractivity contribution in [1.29, 1.82) is 0 Å². The van der Waals surface area contributed by atoms with Crippen molar-refractivity contribution in [2.45, 2.75) is 45.3 Å². The molecule has 0 radical (unpaired) electrons. The lowest BCUT2D eigenvalue weighted by atomic mass is 9.86. The normalized spacial score (nSPS) is 12.8. The van der Waals surface area contributed by atoms with Crippen molar-refractivity contribution < 1.29 is 5.11 Å². The van der Waals surface area contributed by atoms with E-state index in [2.05, 4.69) is 10.3 Å². The van der Waals surface area contributed by atoms with E-state index in [4.69, 9.17) is 0 Å². The summed E-state index contributed by atoms with van der Waals surface area (Å²) in [6.45, 7) is 8.53. The maximum Gasteiger partial charge on any atom is 0.0767 e. The van der Waals surface area contributed by atoms with E-state index in [1.807, 2.05) is 39.8 Å². The lowest BCUT2D eigenvalue weighted by Gasteiger charge is -2.38. The van der Waals surface area contributed by atoms with Gasteiger partial charge >= 0.3 is 0 Å². The van der Waals surface area contributed by atoms with E-state index in [0.29, 0.717) is 0 Å². The first-order valence-electron chi connectivity index (χ1n) is 5.69. The Morgan fingerprint density at radius 1 is 1.19 bits per heavy atom. The Kier molecular flexibility index (Phi) is 4.05. The van der Waals surface area contributed by atoms with Gasteiger partial charge < -0.3 is 10.4 Å². The maximum absolute atomic E-state index is 9.97. The molecule has 0 bridgehead atoms. The molecule has 0 aliphatic carbocycles. The van der Waals surface area contributed by atoms with Crippen LogP contribution in [-0.4, -0.2) is 27.8 Å². The molecule has 0 aliphatic rings. The number of rotatable bonds is 5. The highest BCUT2D eigenvalue weighted by Crippen LogP contribution is 2.20. The van der Waals surface area contributed by atoms with Crippen molar-refractivity contribution in [1.82, 2.24) is 10.3 Å². The summed E-state index contributed by atoms with van der Waals surface area (Å²) in [5.74, 6) is 0. The maximum atomic E-state index is 9.97. The minimum Gasteiger partial charge on any atom is -0.389 e. The largest absolute Gasteiger partial charge is 0.389 e. The van der Waals surface area contributed by atoms with Gasteiger partial charge in [0.15, 0.2) is 0 Å². The molecule has 0 fully saturated rings. The zero-order valence-corrected chi connectivity index (χ0v) is 10.6. The molecular weight excluding hydrogens is 200 g/mol. The van der Waals surface area contributed by atoms with Gasteiger partial charge in [-0.3, -0.25) is 4.98 Å². The Bertz CT molecular complexity index is 314. The molecule has 0 atom stereocenters. The fraction of sp³-hybridized carbons (Fsp3) is 0.615. The van der Waals surface area contributed by atoms with Gasteiger partial charge in [0, 0.05) is 17.9 Å². The monoisotopic (exact) mass is 222 g/mol. The lowest BCUT2D eigenvalue weighted by molar-refractivity contribution is -0.00409. The van der Waals surface area contributed by atoms with Crippen molar-refractivity contribution in [2.24, 2.45) is 0 Å². The Labute approximate surface area is 97.9 Å². The molecule has 0 aromatic carbocycles. The third kappa shape index (κ3) is 3.58. The second-order valence-corrected chi connectivity index (χ2v) is 5.22. The summed E-state index contributed by atoms with van der Waals surface area (Å²) in [6, 6.07) is 4.03. The van der Waals surface area contributed by atoms with Gasteiger partial charge in [0.25, 0.3) is 0 Å². The third-order valence-electron chi connectivity index (χ3n) is 3.26. The van der Waals surface area contributed by atoms with E-state index in [0.717, 1.165) is 13.0 Å². The summed E-state index contributed by atoms with van der Waals surface area (Å²) in [4.78, 5) is 3.98. The summed E-state index contributed by atoms with van der Waals surface area (Å²) in [5, 5.41) is 13.3. The van der Waals surface area contributed by atoms with E-state index in [9.17, 15) is 5.11 Å². The molecule has 0 aliphatic heterocycles. The lowest BCUT2D eigenvalue weighted by Crippen LogP contribution is -2.56. The zero-order valence-electron chi connectivity index (χ0n) is 10.6. The van der Waals surface area contributed by atoms with Crippen LogP contribution in [0.3, 0.4) is 0 Å². The molecule has 16 heavy (non-hydrogen) atoms. The summed E-state index contributed by atoms with van der Waals surface area (Å²) >= 11 is 0. The predicted octanol–water partition coefficient (Wildman–Crippen LogP) is 1.76. The van der Waals surface area contributed by atoms with Gasteiger partial charge in [-0.2, -0.15) is 0 Å². The van der Waals surface area contributed by atoms with Crippen LogP contribution in [0, 0.1) is 0 Å². The molecule has 0 unspecified atom stereocenters. The van der Waals surface area contributed by atoms with Crippen LogP contribution in [0.2, 0.25) is 0 Å². The highest BCUT2D eigenvalue weighted by atomic mass is 16.3. The number of nitrogens with one attached hydrogen (secondary N) is 1. The smallest absolute Gasteiger partial charge is 0.0767 e. The fourth-order valence-electron chi connectivity index (χ4n) is 1.29. The highest BCUT2D eigenvalue weighted by Gasteiger charge is 2.33. The van der Waals surface area contributed by atoms with Crippen molar-refractivity contribution >= 4 is 0 Å². The summed E-state index contributed by atoms with van der Waals surface area (Å²) < 4.78 is 0. The summed E-state index contributed by atoms with van der Waals surface area (Å²) in [6.07, 6.45) is 4.55. The van der Waals surface area contributed by atoms with Crippen LogP contribution >= 0.6 is 0 Å². The molecule has 1 aromatic heterocycles. The van der Waals surface area contributed by atoms with E-state index in [1.165, 1.54) is 5.56 Å². The molecule has 3 nitrogen and oxygen atoms in total. The number of hydrogen-bond donors (Lipinski definition) is 2. The molecule has 0 spiro atoms. The van der Waals surface area contributed by atoms with Gasteiger partial charge in [-0.15, -0.1) is 0 Å². The van der Waals surface area contributed by atoms with Crippen LogP contribution in [0.15, 0.2) is 24.5 Å². The average Bonchev–Trinajstić information content (AvgIpc) is 2.17. The number of aliphatic hydroxyl groups is 1. The first-order chi connectivity index (χ1) is 7.33. The quantitative estimate of drug-likeness (QED) is 0.798. The molecule has 0 saturated carbocycles. The number of hydrogen-bond acceptors (Lipinski definition) is 3. The minimum absolute atomic E-state index is 0.292. The van der Waals surface area contributed by atoms with E-state index in [1.54, 1.807) is 12.4 Å². The van der Waals surface area contributed by atoms with Crippen molar-refractivity contribution in [3.05, 3.63) is 30.1 Å². The third-order valence-corrected chi connectivity index (χ3v) is 3.26. The van der Waals surface area contributed by atoms with Crippen molar-refractivity contribution in [3.8, 4) is 0 Å². The van der Waals surface area contributed by atoms with Gasteiger partial charge in [0.1, 0.15) is 0 Å². The van der Waals surface area contributed by atoms with Crippen LogP contribution in [0.5, 0.6) is 0 Å². The molecule has 0 saturated heterocycles. The van der Waals surface area contributed by atoms with E-state index >= 15 is 0 Å². The second-order valence-electron chi connectivity index (χ2n) is 5.22. The molecule has 1 aromatic rings. The van der Waals surface area contributed by atoms with Crippen LogP contribution in [0.4, 0.5) is 0 Å². The average molecular weight is 222 g/mol. The number of nitrogens with zero attached hydrogens (tertiary/aromatic N) is 1.